The number of hydrogen-bond donors (Lipinski definition) is 1. The Labute approximate surface area is 177 Å². The molecular weight excluding hydrogens is 380 g/mol. The quantitative estimate of drug-likeness (QED) is 0.716. The van der Waals surface area contributed by atoms with Gasteiger partial charge in [-0.3, -0.25) is 9.59 Å². The highest BCUT2D eigenvalue weighted by Crippen LogP contribution is 2.22. The molecule has 1 saturated carbocycles. The minimum absolute atomic E-state index is 0.0594. The number of carbonyl (C=O) groups is 1. The SMILES string of the molecule is CC(C)COc1ccc(-c2nnc(CCC(=O)N(C)C3CCCCC3)c(=O)[nH]2)cc1. The molecule has 162 valence electrons. The molecule has 0 unspecified atom stereocenters. The summed E-state index contributed by atoms with van der Waals surface area (Å²) in [7, 11) is 1.87. The molecule has 7 nitrogen and oxygen atoms in total. The van der Waals surface area contributed by atoms with Crippen LogP contribution in [0.5, 0.6) is 5.75 Å². The molecule has 1 aromatic heterocycles. The topological polar surface area (TPSA) is 88.2 Å². The van der Waals surface area contributed by atoms with E-state index in [-0.39, 0.29) is 17.9 Å². The Morgan fingerprint density at radius 1 is 1.17 bits per heavy atom. The smallest absolute Gasteiger partial charge is 0.273 e. The van der Waals surface area contributed by atoms with E-state index in [4.69, 9.17) is 4.74 Å². The first-order chi connectivity index (χ1) is 14.4. The molecule has 1 N–H and O–H groups in total. The minimum Gasteiger partial charge on any atom is -0.493 e. The number of aromatic nitrogens is 3. The maximum atomic E-state index is 12.5. The van der Waals surface area contributed by atoms with Gasteiger partial charge in [-0.05, 0) is 43.0 Å². The largest absolute Gasteiger partial charge is 0.493 e. The second-order valence-electron chi connectivity index (χ2n) is 8.48. The van der Waals surface area contributed by atoms with Crippen LogP contribution in [-0.4, -0.2) is 45.7 Å². The van der Waals surface area contributed by atoms with Crippen LogP contribution in [0, 0.1) is 5.92 Å². The fourth-order valence-corrected chi connectivity index (χ4v) is 3.70. The molecule has 1 aliphatic carbocycles. The van der Waals surface area contributed by atoms with Crippen molar-refractivity contribution in [1.82, 2.24) is 20.1 Å². The number of aromatic amines is 1. The van der Waals surface area contributed by atoms with Crippen LogP contribution in [0.1, 0.15) is 58.1 Å². The summed E-state index contributed by atoms with van der Waals surface area (Å²) in [6.45, 7) is 4.84. The lowest BCUT2D eigenvalue weighted by Crippen LogP contribution is -2.38. The first-order valence-electron chi connectivity index (χ1n) is 10.9. The molecule has 0 saturated heterocycles. The van der Waals surface area contributed by atoms with Crippen LogP contribution in [0.3, 0.4) is 0 Å². The van der Waals surface area contributed by atoms with E-state index in [1.54, 1.807) is 0 Å². The third-order valence-corrected chi connectivity index (χ3v) is 5.57. The predicted octanol–water partition coefficient (Wildman–Crippen LogP) is 3.59. The van der Waals surface area contributed by atoms with Crippen molar-refractivity contribution in [2.45, 2.75) is 64.8 Å². The zero-order chi connectivity index (χ0) is 21.5. The van der Waals surface area contributed by atoms with Crippen molar-refractivity contribution >= 4 is 5.91 Å². The lowest BCUT2D eigenvalue weighted by molar-refractivity contribution is -0.132. The molecule has 2 aromatic rings. The molecule has 0 radical (unpaired) electrons. The van der Waals surface area contributed by atoms with Gasteiger partial charge in [-0.25, -0.2) is 0 Å². The molecule has 0 atom stereocenters. The number of benzene rings is 1. The van der Waals surface area contributed by atoms with Gasteiger partial charge in [-0.1, -0.05) is 33.1 Å². The third-order valence-electron chi connectivity index (χ3n) is 5.57. The number of carbonyl (C=O) groups excluding carboxylic acids is 1. The van der Waals surface area contributed by atoms with Crippen molar-refractivity contribution in [3.8, 4) is 17.1 Å². The maximum Gasteiger partial charge on any atom is 0.273 e. The monoisotopic (exact) mass is 412 g/mol. The van der Waals surface area contributed by atoms with Gasteiger partial charge in [-0.2, -0.15) is 0 Å². The van der Waals surface area contributed by atoms with Crippen molar-refractivity contribution in [3.05, 3.63) is 40.3 Å². The fourth-order valence-electron chi connectivity index (χ4n) is 3.70. The number of nitrogens with zero attached hydrogens (tertiary/aromatic N) is 3. The van der Waals surface area contributed by atoms with Crippen LogP contribution in [0.2, 0.25) is 0 Å². The molecule has 1 amide bonds. The van der Waals surface area contributed by atoms with E-state index in [1.807, 2.05) is 36.2 Å². The zero-order valence-corrected chi connectivity index (χ0v) is 18.2. The fraction of sp³-hybridized carbons (Fsp3) is 0.565. The van der Waals surface area contributed by atoms with Crippen LogP contribution in [0.15, 0.2) is 29.1 Å². The molecular formula is C23H32N4O3. The van der Waals surface area contributed by atoms with Gasteiger partial charge in [-0.15, -0.1) is 10.2 Å². The first kappa shape index (κ1) is 22.0. The Morgan fingerprint density at radius 2 is 1.87 bits per heavy atom. The summed E-state index contributed by atoms with van der Waals surface area (Å²) >= 11 is 0. The highest BCUT2D eigenvalue weighted by atomic mass is 16.5. The van der Waals surface area contributed by atoms with Gasteiger partial charge in [0.2, 0.25) is 5.91 Å². The maximum absolute atomic E-state index is 12.5. The molecule has 1 aromatic carbocycles. The summed E-state index contributed by atoms with van der Waals surface area (Å²) in [4.78, 5) is 29.6. The number of hydrogen-bond acceptors (Lipinski definition) is 5. The van der Waals surface area contributed by atoms with E-state index < -0.39 is 0 Å². The Hall–Kier alpha value is -2.70. The number of rotatable bonds is 8. The van der Waals surface area contributed by atoms with Crippen LogP contribution in [0.25, 0.3) is 11.4 Å². The molecule has 0 bridgehead atoms. The number of H-pyrrole nitrogens is 1. The Balaban J connectivity index is 1.58. The van der Waals surface area contributed by atoms with Crippen LogP contribution in [0.4, 0.5) is 0 Å². The normalized spacial score (nSPS) is 14.7. The predicted molar refractivity (Wildman–Crippen MR) is 116 cm³/mol. The van der Waals surface area contributed by atoms with Crippen LogP contribution < -0.4 is 10.3 Å². The van der Waals surface area contributed by atoms with Gasteiger partial charge < -0.3 is 14.6 Å². The second-order valence-corrected chi connectivity index (χ2v) is 8.48. The lowest BCUT2D eigenvalue weighted by atomic mass is 9.94. The number of aryl methyl sites for hydroxylation is 1. The molecule has 30 heavy (non-hydrogen) atoms. The van der Waals surface area contributed by atoms with E-state index in [1.165, 1.54) is 19.3 Å². The molecule has 3 rings (SSSR count). The zero-order valence-electron chi connectivity index (χ0n) is 18.2. The van der Waals surface area contributed by atoms with E-state index in [0.29, 0.717) is 36.5 Å². The molecule has 1 fully saturated rings. The summed E-state index contributed by atoms with van der Waals surface area (Å²) in [6.07, 6.45) is 6.31. The third kappa shape index (κ3) is 5.90. The summed E-state index contributed by atoms with van der Waals surface area (Å²) in [5.74, 6) is 1.70. The number of nitrogens with one attached hydrogen (secondary N) is 1. The summed E-state index contributed by atoms with van der Waals surface area (Å²) in [5, 5.41) is 8.24. The Kier molecular flexibility index (Phi) is 7.60. The molecule has 0 aliphatic heterocycles. The van der Waals surface area contributed by atoms with Crippen LogP contribution in [-0.2, 0) is 11.2 Å². The molecule has 1 heterocycles. The van der Waals surface area contributed by atoms with E-state index >= 15 is 0 Å². The average molecular weight is 413 g/mol. The molecule has 1 aliphatic rings. The van der Waals surface area contributed by atoms with E-state index in [2.05, 4.69) is 29.0 Å². The van der Waals surface area contributed by atoms with Gasteiger partial charge in [0.05, 0.1) is 6.61 Å². The lowest BCUT2D eigenvalue weighted by Gasteiger charge is -2.31. The average Bonchev–Trinajstić information content (AvgIpc) is 2.77. The van der Waals surface area contributed by atoms with Gasteiger partial charge in [0, 0.05) is 31.5 Å². The standard InChI is InChI=1S/C23H32N4O3/c1-16(2)15-30-19-11-9-17(10-12-19)22-24-23(29)20(25-26-22)13-14-21(28)27(3)18-7-5-4-6-8-18/h9-12,16,18H,4-8,13-15H2,1-3H3,(H,24,26,29). The Morgan fingerprint density at radius 3 is 2.50 bits per heavy atom. The van der Waals surface area contributed by atoms with Gasteiger partial charge in [0.25, 0.3) is 5.56 Å². The highest BCUT2D eigenvalue weighted by Gasteiger charge is 2.22. The van der Waals surface area contributed by atoms with E-state index in [0.717, 1.165) is 24.2 Å². The first-order valence-corrected chi connectivity index (χ1v) is 10.9. The van der Waals surface area contributed by atoms with Crippen molar-refractivity contribution in [1.29, 1.82) is 0 Å². The summed E-state index contributed by atoms with van der Waals surface area (Å²) in [6, 6.07) is 7.72. The van der Waals surface area contributed by atoms with Gasteiger partial charge >= 0.3 is 0 Å². The highest BCUT2D eigenvalue weighted by molar-refractivity contribution is 5.76. The Bertz CT molecular complexity index is 886. The van der Waals surface area contributed by atoms with Crippen molar-refractivity contribution < 1.29 is 9.53 Å². The van der Waals surface area contributed by atoms with Gasteiger partial charge in [0.15, 0.2) is 5.82 Å². The van der Waals surface area contributed by atoms with Gasteiger partial charge in [0.1, 0.15) is 11.4 Å². The van der Waals surface area contributed by atoms with Crippen molar-refractivity contribution in [2.24, 2.45) is 5.92 Å². The molecule has 7 heteroatoms. The van der Waals surface area contributed by atoms with E-state index in [9.17, 15) is 9.59 Å². The number of amides is 1. The second kappa shape index (κ2) is 10.4. The van der Waals surface area contributed by atoms with Crippen molar-refractivity contribution in [3.63, 3.8) is 0 Å². The van der Waals surface area contributed by atoms with Crippen LogP contribution >= 0.6 is 0 Å². The number of ether oxygens (including phenoxy) is 1. The summed E-state index contributed by atoms with van der Waals surface area (Å²) in [5.41, 5.74) is 0.755. The minimum atomic E-state index is -0.298. The van der Waals surface area contributed by atoms with Crippen molar-refractivity contribution in [2.75, 3.05) is 13.7 Å². The molecule has 0 spiro atoms. The summed E-state index contributed by atoms with van der Waals surface area (Å²) < 4.78 is 5.67.